The molecule has 1 aromatic rings. The summed E-state index contributed by atoms with van der Waals surface area (Å²) in [5, 5.41) is 11.5. The second kappa shape index (κ2) is 7.84. The van der Waals surface area contributed by atoms with E-state index in [-0.39, 0.29) is 18.4 Å². The van der Waals surface area contributed by atoms with Crippen molar-refractivity contribution in [2.45, 2.75) is 31.6 Å². The first-order chi connectivity index (χ1) is 9.06. The molecule has 0 radical (unpaired) electrons. The van der Waals surface area contributed by atoms with Crippen LogP contribution in [0.5, 0.6) is 0 Å². The first kappa shape index (κ1) is 15.6. The zero-order valence-electron chi connectivity index (χ0n) is 11.2. The van der Waals surface area contributed by atoms with Crippen molar-refractivity contribution >= 4 is 23.6 Å². The SMILES string of the molecule is CCC(CC(=O)O)NC(=O)c1cccc(CSC)c1. The number of benzene rings is 1. The number of hydrogen-bond donors (Lipinski definition) is 2. The van der Waals surface area contributed by atoms with E-state index in [1.165, 1.54) is 0 Å². The van der Waals surface area contributed by atoms with Gasteiger partial charge in [-0.05, 0) is 30.4 Å². The van der Waals surface area contributed by atoms with E-state index >= 15 is 0 Å². The van der Waals surface area contributed by atoms with Crippen molar-refractivity contribution < 1.29 is 14.7 Å². The number of aliphatic carboxylic acids is 1. The summed E-state index contributed by atoms with van der Waals surface area (Å²) in [6, 6.07) is 7.08. The van der Waals surface area contributed by atoms with Crippen molar-refractivity contribution in [3.63, 3.8) is 0 Å². The molecule has 0 spiro atoms. The highest BCUT2D eigenvalue weighted by atomic mass is 32.2. The molecule has 0 fully saturated rings. The molecule has 0 aliphatic rings. The third-order valence-corrected chi connectivity index (χ3v) is 3.37. The molecular formula is C14H19NO3S. The second-order valence-electron chi connectivity index (χ2n) is 4.31. The van der Waals surface area contributed by atoms with Crippen molar-refractivity contribution in [3.8, 4) is 0 Å². The van der Waals surface area contributed by atoms with Crippen molar-refractivity contribution in [2.24, 2.45) is 0 Å². The number of carbonyl (C=O) groups excluding carboxylic acids is 1. The Labute approximate surface area is 117 Å². The van der Waals surface area contributed by atoms with Crippen LogP contribution in [0.25, 0.3) is 0 Å². The molecule has 5 heteroatoms. The molecule has 0 aromatic heterocycles. The van der Waals surface area contributed by atoms with E-state index in [4.69, 9.17) is 5.11 Å². The van der Waals surface area contributed by atoms with E-state index in [1.54, 1.807) is 17.8 Å². The van der Waals surface area contributed by atoms with Crippen LogP contribution < -0.4 is 5.32 Å². The molecule has 1 unspecified atom stereocenters. The minimum absolute atomic E-state index is 0.0489. The van der Waals surface area contributed by atoms with Crippen LogP contribution in [-0.2, 0) is 10.5 Å². The van der Waals surface area contributed by atoms with E-state index < -0.39 is 5.97 Å². The van der Waals surface area contributed by atoms with E-state index in [0.717, 1.165) is 11.3 Å². The maximum absolute atomic E-state index is 12.0. The van der Waals surface area contributed by atoms with Gasteiger partial charge in [-0.15, -0.1) is 0 Å². The molecule has 19 heavy (non-hydrogen) atoms. The molecule has 1 amide bonds. The molecular weight excluding hydrogens is 262 g/mol. The third kappa shape index (κ3) is 5.34. The number of hydrogen-bond acceptors (Lipinski definition) is 3. The average molecular weight is 281 g/mol. The van der Waals surface area contributed by atoms with Crippen molar-refractivity contribution in [1.29, 1.82) is 0 Å². The van der Waals surface area contributed by atoms with Gasteiger partial charge in [-0.25, -0.2) is 0 Å². The first-order valence-corrected chi connectivity index (χ1v) is 7.56. The fourth-order valence-electron chi connectivity index (χ4n) is 1.75. The number of amides is 1. The largest absolute Gasteiger partial charge is 0.481 e. The van der Waals surface area contributed by atoms with Gasteiger partial charge in [-0.3, -0.25) is 9.59 Å². The van der Waals surface area contributed by atoms with Crippen LogP contribution in [0.15, 0.2) is 24.3 Å². The monoisotopic (exact) mass is 281 g/mol. The number of thioether (sulfide) groups is 1. The Morgan fingerprint density at radius 3 is 2.74 bits per heavy atom. The Balaban J connectivity index is 2.71. The zero-order valence-corrected chi connectivity index (χ0v) is 12.0. The number of nitrogens with one attached hydrogen (secondary N) is 1. The summed E-state index contributed by atoms with van der Waals surface area (Å²) in [4.78, 5) is 22.7. The highest BCUT2D eigenvalue weighted by molar-refractivity contribution is 7.97. The topological polar surface area (TPSA) is 66.4 Å². The van der Waals surface area contributed by atoms with Crippen LogP contribution in [0.3, 0.4) is 0 Å². The quantitative estimate of drug-likeness (QED) is 0.806. The van der Waals surface area contributed by atoms with Crippen molar-refractivity contribution in [2.75, 3.05) is 6.26 Å². The zero-order chi connectivity index (χ0) is 14.3. The van der Waals surface area contributed by atoms with Gasteiger partial charge in [-0.2, -0.15) is 11.8 Å². The van der Waals surface area contributed by atoms with E-state index in [9.17, 15) is 9.59 Å². The minimum Gasteiger partial charge on any atom is -0.481 e. The van der Waals surface area contributed by atoms with Crippen LogP contribution in [0.2, 0.25) is 0 Å². The summed E-state index contributed by atoms with van der Waals surface area (Å²) >= 11 is 1.69. The fraction of sp³-hybridized carbons (Fsp3) is 0.429. The van der Waals surface area contributed by atoms with Gasteiger partial charge in [0, 0.05) is 17.4 Å². The van der Waals surface area contributed by atoms with Crippen LogP contribution >= 0.6 is 11.8 Å². The lowest BCUT2D eigenvalue weighted by Gasteiger charge is -2.15. The Hall–Kier alpha value is -1.49. The summed E-state index contributed by atoms with van der Waals surface area (Å²) in [6.45, 7) is 1.86. The lowest BCUT2D eigenvalue weighted by molar-refractivity contribution is -0.137. The number of carboxylic acids is 1. The molecule has 0 saturated carbocycles. The lowest BCUT2D eigenvalue weighted by Crippen LogP contribution is -2.36. The van der Waals surface area contributed by atoms with Crippen LogP contribution in [0.4, 0.5) is 0 Å². The maximum Gasteiger partial charge on any atom is 0.305 e. The van der Waals surface area contributed by atoms with Gasteiger partial charge < -0.3 is 10.4 Å². The van der Waals surface area contributed by atoms with Crippen LogP contribution in [-0.4, -0.2) is 29.3 Å². The lowest BCUT2D eigenvalue weighted by atomic mass is 10.1. The molecule has 0 aliphatic carbocycles. The van der Waals surface area contributed by atoms with Gasteiger partial charge in [0.05, 0.1) is 6.42 Å². The van der Waals surface area contributed by atoms with E-state index in [1.807, 2.05) is 31.4 Å². The van der Waals surface area contributed by atoms with Gasteiger partial charge in [0.2, 0.25) is 0 Å². The van der Waals surface area contributed by atoms with E-state index in [0.29, 0.717) is 12.0 Å². The molecule has 0 heterocycles. The van der Waals surface area contributed by atoms with Crippen LogP contribution in [0, 0.1) is 0 Å². The van der Waals surface area contributed by atoms with Crippen molar-refractivity contribution in [3.05, 3.63) is 35.4 Å². The van der Waals surface area contributed by atoms with Crippen molar-refractivity contribution in [1.82, 2.24) is 5.32 Å². The summed E-state index contributed by atoms with van der Waals surface area (Å²) in [7, 11) is 0. The number of rotatable bonds is 7. The summed E-state index contributed by atoms with van der Waals surface area (Å²) in [6.07, 6.45) is 2.56. The van der Waals surface area contributed by atoms with Gasteiger partial charge in [0.15, 0.2) is 0 Å². The molecule has 0 aliphatic heterocycles. The molecule has 104 valence electrons. The second-order valence-corrected chi connectivity index (χ2v) is 5.18. The highest BCUT2D eigenvalue weighted by Crippen LogP contribution is 2.12. The molecule has 1 rings (SSSR count). The van der Waals surface area contributed by atoms with Gasteiger partial charge in [-0.1, -0.05) is 19.1 Å². The maximum atomic E-state index is 12.0. The molecule has 0 saturated heterocycles. The average Bonchev–Trinajstić information content (AvgIpc) is 2.38. The molecule has 4 nitrogen and oxygen atoms in total. The standard InChI is InChI=1S/C14H19NO3S/c1-3-12(8-13(16)17)15-14(18)11-6-4-5-10(7-11)9-19-2/h4-7,12H,3,8-9H2,1-2H3,(H,15,18)(H,16,17). The molecule has 0 bridgehead atoms. The number of carbonyl (C=O) groups is 2. The smallest absolute Gasteiger partial charge is 0.305 e. The normalized spacial score (nSPS) is 11.9. The van der Waals surface area contributed by atoms with Gasteiger partial charge in [0.25, 0.3) is 5.91 Å². The Morgan fingerprint density at radius 1 is 1.42 bits per heavy atom. The molecule has 2 N–H and O–H groups in total. The van der Waals surface area contributed by atoms with Crippen LogP contribution in [0.1, 0.15) is 35.7 Å². The molecule has 1 atom stereocenters. The summed E-state index contributed by atoms with van der Waals surface area (Å²) in [5.74, 6) is -0.257. The summed E-state index contributed by atoms with van der Waals surface area (Å²) in [5.41, 5.74) is 1.67. The molecule has 1 aromatic carbocycles. The summed E-state index contributed by atoms with van der Waals surface area (Å²) < 4.78 is 0. The number of carboxylic acid groups (broad SMARTS) is 1. The Kier molecular flexibility index (Phi) is 6.42. The Morgan fingerprint density at radius 2 is 2.16 bits per heavy atom. The van der Waals surface area contributed by atoms with E-state index in [2.05, 4.69) is 5.32 Å². The van der Waals surface area contributed by atoms with Gasteiger partial charge >= 0.3 is 5.97 Å². The predicted molar refractivity (Wildman–Crippen MR) is 77.5 cm³/mol. The highest BCUT2D eigenvalue weighted by Gasteiger charge is 2.15. The minimum atomic E-state index is -0.900. The first-order valence-electron chi connectivity index (χ1n) is 6.17. The predicted octanol–water partition coefficient (Wildman–Crippen LogP) is 2.53. The third-order valence-electron chi connectivity index (χ3n) is 2.75. The fourth-order valence-corrected chi connectivity index (χ4v) is 2.26. The Bertz CT molecular complexity index is 448. The van der Waals surface area contributed by atoms with Gasteiger partial charge in [0.1, 0.15) is 0 Å².